The van der Waals surface area contributed by atoms with Crippen molar-refractivity contribution in [1.82, 2.24) is 25.3 Å². The van der Waals surface area contributed by atoms with Crippen molar-refractivity contribution in [3.63, 3.8) is 0 Å². The van der Waals surface area contributed by atoms with E-state index in [2.05, 4.69) is 45.4 Å². The summed E-state index contributed by atoms with van der Waals surface area (Å²) in [5.41, 5.74) is 4.24. The van der Waals surface area contributed by atoms with Gasteiger partial charge in [0.1, 0.15) is 5.75 Å². The first kappa shape index (κ1) is 25.7. The Morgan fingerprint density at radius 3 is 2.84 bits per heavy atom. The van der Waals surface area contributed by atoms with Gasteiger partial charge in [-0.05, 0) is 83.0 Å². The summed E-state index contributed by atoms with van der Waals surface area (Å²) in [4.78, 5) is 25.5. The minimum Gasteiger partial charge on any atom is -0.502 e. The van der Waals surface area contributed by atoms with Gasteiger partial charge in [0.25, 0.3) is 5.89 Å². The number of amides is 2. The predicted octanol–water partition coefficient (Wildman–Crippen LogP) is 5.46. The van der Waals surface area contributed by atoms with E-state index in [0.717, 1.165) is 55.5 Å². The highest BCUT2D eigenvalue weighted by atomic mass is 16.5. The fourth-order valence-corrected chi connectivity index (χ4v) is 5.34. The molecule has 9 nitrogen and oxygen atoms in total. The molecule has 198 valence electrons. The molecular formula is C29H34N6O3. The molecule has 0 spiro atoms. The van der Waals surface area contributed by atoms with Gasteiger partial charge >= 0.3 is 6.03 Å². The van der Waals surface area contributed by atoms with Crippen molar-refractivity contribution >= 4 is 11.7 Å². The smallest absolute Gasteiger partial charge is 0.317 e. The van der Waals surface area contributed by atoms with Gasteiger partial charge in [0.15, 0.2) is 0 Å². The summed E-state index contributed by atoms with van der Waals surface area (Å²) in [6, 6.07) is 11.7. The Hall–Kier alpha value is -3.90. The summed E-state index contributed by atoms with van der Waals surface area (Å²) < 4.78 is 11.4. The Morgan fingerprint density at radius 1 is 1.26 bits per heavy atom. The van der Waals surface area contributed by atoms with Crippen LogP contribution in [0.15, 0.2) is 40.9 Å². The molecular weight excluding hydrogens is 480 g/mol. The van der Waals surface area contributed by atoms with Crippen molar-refractivity contribution in [1.29, 1.82) is 0 Å². The number of likely N-dealkylation sites (N-methyl/N-ethyl adjacent to an activating group) is 1. The molecule has 1 saturated heterocycles. The zero-order valence-corrected chi connectivity index (χ0v) is 22.4. The minimum atomic E-state index is -0.0503. The zero-order chi connectivity index (χ0) is 26.8. The van der Waals surface area contributed by atoms with E-state index >= 15 is 0 Å². The largest absolute Gasteiger partial charge is 0.502 e. The van der Waals surface area contributed by atoms with Crippen LogP contribution in [0.4, 0.5) is 10.5 Å². The van der Waals surface area contributed by atoms with Crippen LogP contribution in [0.3, 0.4) is 0 Å². The maximum Gasteiger partial charge on any atom is 0.317 e. The number of urea groups is 1. The molecule has 0 bridgehead atoms. The highest BCUT2D eigenvalue weighted by Gasteiger charge is 2.31. The average Bonchev–Trinajstić information content (AvgIpc) is 3.59. The third-order valence-corrected chi connectivity index (χ3v) is 7.34. The summed E-state index contributed by atoms with van der Waals surface area (Å²) in [6.45, 7) is 12.9. The number of nitrogens with zero attached hydrogens (tertiary/aromatic N) is 5. The number of carbonyl (C=O) groups is 1. The minimum absolute atomic E-state index is 0.0000411. The number of ether oxygens (including phenoxy) is 1. The Bertz CT molecular complexity index is 1360. The maximum atomic E-state index is 13.1. The van der Waals surface area contributed by atoms with E-state index in [1.807, 2.05) is 36.9 Å². The lowest BCUT2D eigenvalue weighted by atomic mass is 9.84. The monoisotopic (exact) mass is 514 g/mol. The third-order valence-electron chi connectivity index (χ3n) is 7.34. The summed E-state index contributed by atoms with van der Waals surface area (Å²) in [5, 5.41) is 7.56. The summed E-state index contributed by atoms with van der Waals surface area (Å²) in [7, 11) is 4.13. The van der Waals surface area contributed by atoms with Gasteiger partial charge in [-0.2, -0.15) is 4.98 Å². The lowest BCUT2D eigenvalue weighted by molar-refractivity contribution is 0.198. The molecule has 38 heavy (non-hydrogen) atoms. The topological polar surface area (TPSA) is 88.1 Å². The molecule has 1 N–H and O–H groups in total. The molecule has 2 atom stereocenters. The van der Waals surface area contributed by atoms with E-state index in [1.165, 1.54) is 0 Å². The highest BCUT2D eigenvalue weighted by Crippen LogP contribution is 2.37. The van der Waals surface area contributed by atoms with Gasteiger partial charge in [-0.3, -0.25) is 0 Å². The molecule has 2 amide bonds. The molecule has 1 aromatic heterocycles. The van der Waals surface area contributed by atoms with Gasteiger partial charge in [-0.15, -0.1) is 0 Å². The molecule has 1 aliphatic carbocycles. The number of rotatable bonds is 6. The van der Waals surface area contributed by atoms with Crippen LogP contribution in [-0.4, -0.2) is 65.3 Å². The van der Waals surface area contributed by atoms with E-state index < -0.39 is 0 Å². The molecule has 5 rings (SSSR count). The van der Waals surface area contributed by atoms with Crippen LogP contribution in [0, 0.1) is 6.57 Å². The van der Waals surface area contributed by atoms with Crippen LogP contribution in [0.5, 0.6) is 5.75 Å². The Morgan fingerprint density at radius 2 is 2.11 bits per heavy atom. The first-order chi connectivity index (χ1) is 18.3. The normalized spacial score (nSPS) is 18.9. The summed E-state index contributed by atoms with van der Waals surface area (Å²) in [6.07, 6.45) is 3.72. The number of benzene rings is 2. The second-order valence-electron chi connectivity index (χ2n) is 10.5. The zero-order valence-electron chi connectivity index (χ0n) is 22.4. The fraction of sp³-hybridized carbons (Fsp3) is 0.448. The second kappa shape index (κ2) is 10.8. The van der Waals surface area contributed by atoms with Gasteiger partial charge < -0.3 is 24.4 Å². The molecule has 2 heterocycles. The van der Waals surface area contributed by atoms with Crippen molar-refractivity contribution in [3.05, 3.63) is 58.9 Å². The van der Waals surface area contributed by atoms with Crippen LogP contribution >= 0.6 is 0 Å². The summed E-state index contributed by atoms with van der Waals surface area (Å²) in [5.74, 6) is 1.39. The van der Waals surface area contributed by atoms with E-state index in [1.54, 1.807) is 12.1 Å². The van der Waals surface area contributed by atoms with Crippen LogP contribution in [0.2, 0.25) is 0 Å². The Labute approximate surface area is 223 Å². The molecule has 1 fully saturated rings. The van der Waals surface area contributed by atoms with Gasteiger partial charge in [-0.1, -0.05) is 23.4 Å². The molecule has 0 saturated carbocycles. The van der Waals surface area contributed by atoms with Gasteiger partial charge in [0, 0.05) is 30.3 Å². The third kappa shape index (κ3) is 5.22. The lowest BCUT2D eigenvalue weighted by Gasteiger charge is -2.29. The summed E-state index contributed by atoms with van der Waals surface area (Å²) >= 11 is 0. The van der Waals surface area contributed by atoms with E-state index in [9.17, 15) is 4.79 Å². The lowest BCUT2D eigenvalue weighted by Crippen LogP contribution is -2.42. The molecule has 2 aliphatic rings. The first-order valence-electron chi connectivity index (χ1n) is 13.2. The molecule has 1 aliphatic heterocycles. The number of carbonyl (C=O) groups excluding carboxylic acids is 1. The van der Waals surface area contributed by atoms with Crippen molar-refractivity contribution in [3.8, 4) is 28.6 Å². The van der Waals surface area contributed by atoms with Crippen molar-refractivity contribution < 1.29 is 14.1 Å². The van der Waals surface area contributed by atoms with Crippen LogP contribution in [0.1, 0.15) is 50.3 Å². The van der Waals surface area contributed by atoms with Crippen molar-refractivity contribution in [2.24, 2.45) is 0 Å². The van der Waals surface area contributed by atoms with E-state index in [-0.39, 0.29) is 18.2 Å². The number of fused-ring (bicyclic) bond motifs is 1. The predicted molar refractivity (Wildman–Crippen MR) is 145 cm³/mol. The highest BCUT2D eigenvalue weighted by molar-refractivity contribution is 5.76. The number of nitrogens with one attached hydrogen (secondary N) is 1. The van der Waals surface area contributed by atoms with Crippen molar-refractivity contribution in [2.75, 3.05) is 27.2 Å². The standard InChI is InChI=1S/C29H34N6O3/c1-18(2)37-26-13-12-19(16-25(26)30-3)28-32-27(33-38-28)23-10-6-9-22-21(23)8-7-11-24(22)31-29(36)35-15-14-20(17-35)34(4)5/h6,9-10,12-13,16,18,20,24H,7-8,11,14-15,17H2,1-2,4-5H3,(H,31,36)/t20-,24+/m0/s1. The SMILES string of the molecule is [C-]#[N+]c1cc(-c2nc(-c3cccc4c3CCC[C@H]4NC(=O)N3CC[C@H](N(C)C)C3)no2)ccc1OC(C)C. The van der Waals surface area contributed by atoms with Crippen LogP contribution in [0.25, 0.3) is 27.7 Å². The van der Waals surface area contributed by atoms with E-state index in [0.29, 0.717) is 34.8 Å². The maximum absolute atomic E-state index is 13.1. The molecule has 0 unspecified atom stereocenters. The Kier molecular flexibility index (Phi) is 7.34. The first-order valence-corrected chi connectivity index (χ1v) is 13.2. The second-order valence-corrected chi connectivity index (χ2v) is 10.5. The number of hydrogen-bond acceptors (Lipinski definition) is 6. The number of hydrogen-bond donors (Lipinski definition) is 1. The molecule has 3 aromatic rings. The van der Waals surface area contributed by atoms with Gasteiger partial charge in [-0.25, -0.2) is 9.64 Å². The molecule has 0 radical (unpaired) electrons. The van der Waals surface area contributed by atoms with Gasteiger partial charge in [0.05, 0.1) is 18.7 Å². The van der Waals surface area contributed by atoms with Crippen molar-refractivity contribution in [2.45, 2.75) is 57.7 Å². The van der Waals surface area contributed by atoms with E-state index in [4.69, 9.17) is 15.8 Å². The molecule has 9 heteroatoms. The van der Waals surface area contributed by atoms with Crippen LogP contribution in [-0.2, 0) is 6.42 Å². The molecule has 2 aromatic carbocycles. The number of aromatic nitrogens is 2. The quantitative estimate of drug-likeness (QED) is 0.439. The van der Waals surface area contributed by atoms with Crippen LogP contribution < -0.4 is 10.1 Å². The average molecular weight is 515 g/mol. The fourth-order valence-electron chi connectivity index (χ4n) is 5.34. The Balaban J connectivity index is 1.37. The number of likely N-dealkylation sites (tertiary alicyclic amines) is 1. The van der Waals surface area contributed by atoms with Gasteiger partial charge in [0.2, 0.25) is 11.5 Å².